The van der Waals surface area contributed by atoms with Crippen molar-refractivity contribution in [1.82, 2.24) is 4.90 Å². The van der Waals surface area contributed by atoms with Crippen LogP contribution in [0.4, 0.5) is 0 Å². The molecular formula is C9H18BrNO. The second-order valence-electron chi connectivity index (χ2n) is 3.80. The van der Waals surface area contributed by atoms with E-state index in [4.69, 9.17) is 4.74 Å². The van der Waals surface area contributed by atoms with E-state index in [2.05, 4.69) is 34.7 Å². The third-order valence-corrected chi connectivity index (χ3v) is 2.74. The molecule has 3 heteroatoms. The van der Waals surface area contributed by atoms with Crippen LogP contribution in [0.3, 0.4) is 0 Å². The van der Waals surface area contributed by atoms with E-state index in [9.17, 15) is 0 Å². The summed E-state index contributed by atoms with van der Waals surface area (Å²) in [5.41, 5.74) is 0. The molecule has 0 aliphatic carbocycles. The monoisotopic (exact) mass is 235 g/mol. The predicted molar refractivity (Wildman–Crippen MR) is 54.8 cm³/mol. The van der Waals surface area contributed by atoms with Gasteiger partial charge in [-0.1, -0.05) is 29.8 Å². The van der Waals surface area contributed by atoms with Gasteiger partial charge in [0, 0.05) is 25.0 Å². The van der Waals surface area contributed by atoms with Crippen molar-refractivity contribution in [1.29, 1.82) is 0 Å². The van der Waals surface area contributed by atoms with Crippen molar-refractivity contribution in [2.75, 3.05) is 31.6 Å². The van der Waals surface area contributed by atoms with E-state index < -0.39 is 0 Å². The summed E-state index contributed by atoms with van der Waals surface area (Å²) in [6.45, 7) is 8.80. The maximum Gasteiger partial charge on any atom is 0.0799 e. The van der Waals surface area contributed by atoms with Gasteiger partial charge in [0.05, 0.1) is 12.7 Å². The number of rotatable bonds is 3. The lowest BCUT2D eigenvalue weighted by molar-refractivity contribution is -0.0185. The second kappa shape index (κ2) is 5.20. The first-order chi connectivity index (χ1) is 5.72. The van der Waals surface area contributed by atoms with Crippen LogP contribution in [0.25, 0.3) is 0 Å². The zero-order valence-electron chi connectivity index (χ0n) is 7.92. The number of alkyl halides is 1. The summed E-state index contributed by atoms with van der Waals surface area (Å²) in [6, 6.07) is 0. The largest absolute Gasteiger partial charge is 0.375 e. The summed E-state index contributed by atoms with van der Waals surface area (Å²) >= 11 is 3.45. The Hall–Kier alpha value is 0.400. The standard InChI is InChI=1S/C9H18BrNO/c1-8(2)6-11-3-4-12-9(5-10)7-11/h8-9H,3-7H2,1-2H3. The third-order valence-electron chi connectivity index (χ3n) is 2.02. The quantitative estimate of drug-likeness (QED) is 0.692. The van der Waals surface area contributed by atoms with Gasteiger partial charge >= 0.3 is 0 Å². The highest BCUT2D eigenvalue weighted by molar-refractivity contribution is 9.09. The van der Waals surface area contributed by atoms with E-state index in [1.807, 2.05) is 0 Å². The first-order valence-corrected chi connectivity index (χ1v) is 5.74. The molecule has 0 spiro atoms. The van der Waals surface area contributed by atoms with E-state index >= 15 is 0 Å². The second-order valence-corrected chi connectivity index (χ2v) is 4.45. The summed E-state index contributed by atoms with van der Waals surface area (Å²) in [5, 5.41) is 0.960. The normalized spacial score (nSPS) is 26.5. The van der Waals surface area contributed by atoms with Crippen molar-refractivity contribution >= 4 is 15.9 Å². The number of hydrogen-bond donors (Lipinski definition) is 0. The van der Waals surface area contributed by atoms with Gasteiger partial charge in [-0.2, -0.15) is 0 Å². The zero-order chi connectivity index (χ0) is 8.97. The van der Waals surface area contributed by atoms with Crippen LogP contribution < -0.4 is 0 Å². The van der Waals surface area contributed by atoms with Crippen molar-refractivity contribution in [3.63, 3.8) is 0 Å². The molecule has 1 rings (SSSR count). The van der Waals surface area contributed by atoms with Gasteiger partial charge in [-0.3, -0.25) is 4.90 Å². The molecule has 1 fully saturated rings. The zero-order valence-corrected chi connectivity index (χ0v) is 9.51. The highest BCUT2D eigenvalue weighted by Crippen LogP contribution is 2.09. The number of hydrogen-bond acceptors (Lipinski definition) is 2. The number of halogens is 1. The molecule has 0 amide bonds. The molecule has 12 heavy (non-hydrogen) atoms. The Morgan fingerprint density at radius 2 is 2.33 bits per heavy atom. The van der Waals surface area contributed by atoms with E-state index in [1.54, 1.807) is 0 Å². The Balaban J connectivity index is 2.25. The molecule has 0 aromatic carbocycles. The Bertz CT molecular complexity index is 130. The summed E-state index contributed by atoms with van der Waals surface area (Å²) in [6.07, 6.45) is 0.400. The molecule has 1 heterocycles. The van der Waals surface area contributed by atoms with Crippen LogP contribution in [0, 0.1) is 5.92 Å². The Morgan fingerprint density at radius 1 is 1.58 bits per heavy atom. The Labute approximate surface area is 83.4 Å². The minimum atomic E-state index is 0.400. The fraction of sp³-hybridized carbons (Fsp3) is 1.00. The minimum Gasteiger partial charge on any atom is -0.375 e. The van der Waals surface area contributed by atoms with E-state index in [-0.39, 0.29) is 0 Å². The molecule has 0 saturated carbocycles. The van der Waals surface area contributed by atoms with Gasteiger partial charge < -0.3 is 4.74 Å². The predicted octanol–water partition coefficient (Wildman–Crippen LogP) is 1.74. The lowest BCUT2D eigenvalue weighted by atomic mass is 10.2. The first-order valence-electron chi connectivity index (χ1n) is 4.62. The average molecular weight is 236 g/mol. The smallest absolute Gasteiger partial charge is 0.0799 e. The number of nitrogens with zero attached hydrogens (tertiary/aromatic N) is 1. The van der Waals surface area contributed by atoms with E-state index in [1.165, 1.54) is 6.54 Å². The van der Waals surface area contributed by atoms with Gasteiger partial charge in [0.15, 0.2) is 0 Å². The highest BCUT2D eigenvalue weighted by atomic mass is 79.9. The molecule has 0 aromatic heterocycles. The molecule has 1 atom stereocenters. The van der Waals surface area contributed by atoms with Crippen molar-refractivity contribution in [2.24, 2.45) is 5.92 Å². The van der Waals surface area contributed by atoms with Crippen molar-refractivity contribution in [2.45, 2.75) is 20.0 Å². The average Bonchev–Trinajstić information content (AvgIpc) is 2.03. The highest BCUT2D eigenvalue weighted by Gasteiger charge is 2.19. The van der Waals surface area contributed by atoms with Crippen molar-refractivity contribution in [3.05, 3.63) is 0 Å². The van der Waals surface area contributed by atoms with Crippen LogP contribution in [-0.2, 0) is 4.74 Å². The number of ether oxygens (including phenoxy) is 1. The van der Waals surface area contributed by atoms with Gasteiger partial charge in [0.25, 0.3) is 0 Å². The van der Waals surface area contributed by atoms with Crippen molar-refractivity contribution < 1.29 is 4.74 Å². The molecule has 1 unspecified atom stereocenters. The SMILES string of the molecule is CC(C)CN1CCOC(CBr)C1. The fourth-order valence-electron chi connectivity index (χ4n) is 1.56. The first kappa shape index (κ1) is 10.5. The number of morpholine rings is 1. The van der Waals surface area contributed by atoms with Crippen LogP contribution in [0.5, 0.6) is 0 Å². The molecule has 1 aliphatic rings. The molecule has 72 valence electrons. The van der Waals surface area contributed by atoms with Gasteiger partial charge in [-0.15, -0.1) is 0 Å². The van der Waals surface area contributed by atoms with Crippen LogP contribution >= 0.6 is 15.9 Å². The van der Waals surface area contributed by atoms with Crippen LogP contribution in [0.15, 0.2) is 0 Å². The summed E-state index contributed by atoms with van der Waals surface area (Å²) in [4.78, 5) is 2.49. The molecule has 0 radical (unpaired) electrons. The van der Waals surface area contributed by atoms with Gasteiger partial charge in [-0.05, 0) is 5.92 Å². The Morgan fingerprint density at radius 3 is 2.92 bits per heavy atom. The lowest BCUT2D eigenvalue weighted by Crippen LogP contribution is -2.44. The summed E-state index contributed by atoms with van der Waals surface area (Å²) in [7, 11) is 0. The molecule has 1 aliphatic heterocycles. The molecule has 2 nitrogen and oxygen atoms in total. The molecule has 0 bridgehead atoms. The summed E-state index contributed by atoms with van der Waals surface area (Å²) < 4.78 is 5.55. The minimum absolute atomic E-state index is 0.400. The van der Waals surface area contributed by atoms with E-state index in [0.717, 1.165) is 30.9 Å². The third kappa shape index (κ3) is 3.42. The van der Waals surface area contributed by atoms with Gasteiger partial charge in [-0.25, -0.2) is 0 Å². The topological polar surface area (TPSA) is 12.5 Å². The van der Waals surface area contributed by atoms with Crippen molar-refractivity contribution in [3.8, 4) is 0 Å². The van der Waals surface area contributed by atoms with Crippen LogP contribution in [0.1, 0.15) is 13.8 Å². The van der Waals surface area contributed by atoms with Crippen LogP contribution in [0.2, 0.25) is 0 Å². The summed E-state index contributed by atoms with van der Waals surface area (Å²) in [5.74, 6) is 0.763. The van der Waals surface area contributed by atoms with Gasteiger partial charge in [0.2, 0.25) is 0 Å². The maximum absolute atomic E-state index is 5.55. The Kier molecular flexibility index (Phi) is 4.54. The van der Waals surface area contributed by atoms with Gasteiger partial charge in [0.1, 0.15) is 0 Å². The molecular weight excluding hydrogens is 218 g/mol. The lowest BCUT2D eigenvalue weighted by Gasteiger charge is -2.33. The molecule has 0 aromatic rings. The molecule has 0 N–H and O–H groups in total. The fourth-order valence-corrected chi connectivity index (χ4v) is 1.95. The van der Waals surface area contributed by atoms with Crippen LogP contribution in [-0.4, -0.2) is 42.6 Å². The van der Waals surface area contributed by atoms with E-state index in [0.29, 0.717) is 6.10 Å². The molecule has 1 saturated heterocycles. The maximum atomic E-state index is 5.55.